The lowest BCUT2D eigenvalue weighted by molar-refractivity contribution is -0.384. The van der Waals surface area contributed by atoms with Gasteiger partial charge >= 0.3 is 6.03 Å². The second-order valence-corrected chi connectivity index (χ2v) is 6.05. The molecule has 1 aliphatic rings. The van der Waals surface area contributed by atoms with E-state index in [1.165, 1.54) is 42.5 Å². The Morgan fingerprint density at radius 1 is 1.25 bits per heavy atom. The van der Waals surface area contributed by atoms with Crippen molar-refractivity contribution in [2.45, 2.75) is 0 Å². The SMILES string of the molecule is C=CCN1C(=O)NC(=O)C(=Cc2ccc(-c3cc([N+](=O)[O-])ccc3Cl)o2)C1=O. The maximum absolute atomic E-state index is 12.4. The van der Waals surface area contributed by atoms with Crippen LogP contribution in [0.25, 0.3) is 17.4 Å². The van der Waals surface area contributed by atoms with E-state index in [-0.39, 0.29) is 39.9 Å². The first-order chi connectivity index (χ1) is 13.3. The summed E-state index contributed by atoms with van der Waals surface area (Å²) in [5.41, 5.74) is -0.188. The van der Waals surface area contributed by atoms with Crippen LogP contribution in [0.4, 0.5) is 10.5 Å². The number of nitrogens with zero attached hydrogens (tertiary/aromatic N) is 2. The average Bonchev–Trinajstić information content (AvgIpc) is 3.11. The number of imide groups is 2. The topological polar surface area (TPSA) is 123 Å². The summed E-state index contributed by atoms with van der Waals surface area (Å²) in [6, 6.07) is 6.00. The number of benzene rings is 1. The number of carbonyl (C=O) groups is 3. The van der Waals surface area contributed by atoms with Crippen molar-refractivity contribution >= 4 is 41.2 Å². The van der Waals surface area contributed by atoms with Gasteiger partial charge in [0.15, 0.2) is 0 Å². The minimum atomic E-state index is -0.860. The van der Waals surface area contributed by atoms with Gasteiger partial charge in [-0.15, -0.1) is 6.58 Å². The minimum Gasteiger partial charge on any atom is -0.457 e. The van der Waals surface area contributed by atoms with E-state index in [0.29, 0.717) is 0 Å². The monoisotopic (exact) mass is 401 g/mol. The Morgan fingerprint density at radius 2 is 2.00 bits per heavy atom. The van der Waals surface area contributed by atoms with Gasteiger partial charge in [-0.1, -0.05) is 17.7 Å². The Labute approximate surface area is 163 Å². The highest BCUT2D eigenvalue weighted by Crippen LogP contribution is 2.33. The number of furan rings is 1. The molecule has 1 saturated heterocycles. The molecule has 0 bridgehead atoms. The van der Waals surface area contributed by atoms with Crippen molar-refractivity contribution in [2.75, 3.05) is 6.54 Å². The van der Waals surface area contributed by atoms with Crippen LogP contribution in [0.1, 0.15) is 5.76 Å². The molecule has 2 aromatic rings. The molecule has 1 aliphatic heterocycles. The molecular formula is C18H12ClN3O6. The van der Waals surface area contributed by atoms with E-state index in [1.54, 1.807) is 0 Å². The molecule has 1 N–H and O–H groups in total. The normalized spacial score (nSPS) is 15.7. The fraction of sp³-hybridized carbons (Fsp3) is 0.0556. The average molecular weight is 402 g/mol. The third kappa shape index (κ3) is 3.55. The van der Waals surface area contributed by atoms with Crippen LogP contribution in [0.15, 0.2) is 53.0 Å². The molecule has 3 rings (SSSR count). The molecule has 1 aromatic heterocycles. The summed E-state index contributed by atoms with van der Waals surface area (Å²) in [6.07, 6.45) is 2.52. The van der Waals surface area contributed by atoms with Crippen molar-refractivity contribution < 1.29 is 23.7 Å². The molecule has 1 fully saturated rings. The van der Waals surface area contributed by atoms with E-state index in [1.807, 2.05) is 0 Å². The zero-order valence-corrected chi connectivity index (χ0v) is 14.9. The van der Waals surface area contributed by atoms with E-state index < -0.39 is 22.8 Å². The lowest BCUT2D eigenvalue weighted by Crippen LogP contribution is -2.54. The Balaban J connectivity index is 1.96. The maximum Gasteiger partial charge on any atom is 0.331 e. The van der Waals surface area contributed by atoms with Crippen molar-refractivity contribution in [3.05, 3.63) is 69.5 Å². The first-order valence-corrected chi connectivity index (χ1v) is 8.23. The lowest BCUT2D eigenvalue weighted by Gasteiger charge is -2.24. The third-order valence-corrected chi connectivity index (χ3v) is 4.17. The fourth-order valence-electron chi connectivity index (χ4n) is 2.52. The molecule has 2 heterocycles. The Hall–Kier alpha value is -3.72. The highest BCUT2D eigenvalue weighted by Gasteiger charge is 2.35. The van der Waals surface area contributed by atoms with Crippen molar-refractivity contribution in [1.29, 1.82) is 0 Å². The highest BCUT2D eigenvalue weighted by atomic mass is 35.5. The number of barbiturate groups is 1. The second-order valence-electron chi connectivity index (χ2n) is 5.64. The van der Waals surface area contributed by atoms with Gasteiger partial charge in [0.2, 0.25) is 0 Å². The van der Waals surface area contributed by atoms with E-state index in [2.05, 4.69) is 11.9 Å². The van der Waals surface area contributed by atoms with Gasteiger partial charge in [-0.2, -0.15) is 0 Å². The zero-order chi connectivity index (χ0) is 20.4. The quantitative estimate of drug-likeness (QED) is 0.270. The number of nitrogens with one attached hydrogen (secondary N) is 1. The molecule has 0 unspecified atom stereocenters. The van der Waals surface area contributed by atoms with E-state index in [0.717, 1.165) is 4.90 Å². The molecule has 4 amide bonds. The Bertz CT molecular complexity index is 1060. The number of rotatable bonds is 5. The molecule has 9 nitrogen and oxygen atoms in total. The molecular weight excluding hydrogens is 390 g/mol. The van der Waals surface area contributed by atoms with Gasteiger partial charge in [0, 0.05) is 24.2 Å². The molecule has 0 spiro atoms. The van der Waals surface area contributed by atoms with Crippen LogP contribution in [0, 0.1) is 10.1 Å². The third-order valence-electron chi connectivity index (χ3n) is 3.84. The van der Waals surface area contributed by atoms with Crippen LogP contribution in [0.5, 0.6) is 0 Å². The Kier molecular flexibility index (Phi) is 5.10. The number of carbonyl (C=O) groups excluding carboxylic acids is 3. The van der Waals surface area contributed by atoms with Crippen LogP contribution in [0.3, 0.4) is 0 Å². The highest BCUT2D eigenvalue weighted by molar-refractivity contribution is 6.33. The van der Waals surface area contributed by atoms with E-state index >= 15 is 0 Å². The number of hydrogen-bond donors (Lipinski definition) is 1. The number of nitro groups is 1. The number of amides is 4. The predicted octanol–water partition coefficient (Wildman–Crippen LogP) is 3.16. The van der Waals surface area contributed by atoms with Gasteiger partial charge in [-0.05, 0) is 24.3 Å². The van der Waals surface area contributed by atoms with Gasteiger partial charge in [0.25, 0.3) is 17.5 Å². The van der Waals surface area contributed by atoms with Crippen molar-refractivity contribution in [3.63, 3.8) is 0 Å². The molecule has 0 aliphatic carbocycles. The molecule has 0 atom stereocenters. The summed E-state index contributed by atoms with van der Waals surface area (Å²) in [6.45, 7) is 3.39. The standard InChI is InChI=1S/C18H12ClN3O6/c1-2-7-21-17(24)13(16(23)20-18(21)25)9-11-4-6-15(28-11)12-8-10(22(26)27)3-5-14(12)19/h2-6,8-9H,1,7H2,(H,20,23,25). The minimum absolute atomic E-state index is 0.0675. The number of urea groups is 1. The van der Waals surface area contributed by atoms with Crippen molar-refractivity contribution in [1.82, 2.24) is 10.2 Å². The van der Waals surface area contributed by atoms with Crippen LogP contribution < -0.4 is 5.32 Å². The van der Waals surface area contributed by atoms with Gasteiger partial charge in [0.05, 0.1) is 9.95 Å². The van der Waals surface area contributed by atoms with Crippen LogP contribution >= 0.6 is 11.6 Å². The summed E-state index contributed by atoms with van der Waals surface area (Å²) in [7, 11) is 0. The summed E-state index contributed by atoms with van der Waals surface area (Å²) >= 11 is 6.08. The molecule has 28 heavy (non-hydrogen) atoms. The molecule has 0 radical (unpaired) electrons. The number of non-ortho nitro benzene ring substituents is 1. The number of hydrogen-bond acceptors (Lipinski definition) is 6. The summed E-state index contributed by atoms with van der Waals surface area (Å²) in [4.78, 5) is 47.3. The number of nitro benzene ring substituents is 1. The van der Waals surface area contributed by atoms with Crippen molar-refractivity contribution in [2.24, 2.45) is 0 Å². The maximum atomic E-state index is 12.4. The summed E-state index contributed by atoms with van der Waals surface area (Å²) in [5, 5.41) is 13.2. The molecule has 1 aromatic carbocycles. The molecule has 0 saturated carbocycles. The van der Waals surface area contributed by atoms with Gasteiger partial charge < -0.3 is 4.42 Å². The first-order valence-electron chi connectivity index (χ1n) is 7.85. The lowest BCUT2D eigenvalue weighted by atomic mass is 10.1. The van der Waals surface area contributed by atoms with Crippen molar-refractivity contribution in [3.8, 4) is 11.3 Å². The fourth-order valence-corrected chi connectivity index (χ4v) is 2.73. The largest absolute Gasteiger partial charge is 0.457 e. The summed E-state index contributed by atoms with van der Waals surface area (Å²) in [5.74, 6) is -1.31. The molecule has 10 heteroatoms. The first kappa shape index (κ1) is 19.1. The molecule has 142 valence electrons. The van der Waals surface area contributed by atoms with Gasteiger partial charge in [0.1, 0.15) is 17.1 Å². The van der Waals surface area contributed by atoms with Gasteiger partial charge in [-0.25, -0.2) is 4.79 Å². The predicted molar refractivity (Wildman–Crippen MR) is 99.2 cm³/mol. The second kappa shape index (κ2) is 7.49. The number of halogens is 1. The Morgan fingerprint density at radius 3 is 2.68 bits per heavy atom. The van der Waals surface area contributed by atoms with E-state index in [9.17, 15) is 24.5 Å². The van der Waals surface area contributed by atoms with E-state index in [4.69, 9.17) is 16.0 Å². The van der Waals surface area contributed by atoms with Crippen LogP contribution in [-0.4, -0.2) is 34.2 Å². The van der Waals surface area contributed by atoms with Gasteiger partial charge in [-0.3, -0.25) is 29.9 Å². The van der Waals surface area contributed by atoms with Crippen LogP contribution in [0.2, 0.25) is 5.02 Å². The van der Waals surface area contributed by atoms with Crippen LogP contribution in [-0.2, 0) is 9.59 Å². The smallest absolute Gasteiger partial charge is 0.331 e. The summed E-state index contributed by atoms with van der Waals surface area (Å²) < 4.78 is 5.57. The zero-order valence-electron chi connectivity index (χ0n) is 14.2.